The molecule has 0 spiro atoms. The number of esters is 1. The fourth-order valence-corrected chi connectivity index (χ4v) is 1.57. The maximum absolute atomic E-state index is 11.2. The molecule has 0 atom stereocenters. The fraction of sp³-hybridized carbons (Fsp3) is 0.182. The summed E-state index contributed by atoms with van der Waals surface area (Å²) in [4.78, 5) is 26.1. The van der Waals surface area contributed by atoms with Crippen LogP contribution in [0.25, 0.3) is 11.0 Å². The van der Waals surface area contributed by atoms with Crippen molar-refractivity contribution in [2.24, 2.45) is 0 Å². The molecule has 16 heavy (non-hydrogen) atoms. The van der Waals surface area contributed by atoms with Crippen molar-refractivity contribution in [2.45, 2.75) is 6.54 Å². The Hall–Kier alpha value is -2.17. The van der Waals surface area contributed by atoms with Gasteiger partial charge in [0, 0.05) is 23.3 Å². The summed E-state index contributed by atoms with van der Waals surface area (Å²) in [5.41, 5.74) is 1.13. The first kappa shape index (κ1) is 10.4. The van der Waals surface area contributed by atoms with Gasteiger partial charge in [0.15, 0.2) is 6.29 Å². The number of rotatable bonds is 3. The van der Waals surface area contributed by atoms with Gasteiger partial charge in [-0.05, 0) is 12.1 Å². The number of aldehydes is 1. The van der Waals surface area contributed by atoms with Crippen LogP contribution in [0.5, 0.6) is 0 Å². The van der Waals surface area contributed by atoms with Crippen molar-refractivity contribution in [3.05, 3.63) is 30.1 Å². The van der Waals surface area contributed by atoms with E-state index >= 15 is 0 Å². The third kappa shape index (κ3) is 1.67. The van der Waals surface area contributed by atoms with Crippen LogP contribution >= 0.6 is 0 Å². The van der Waals surface area contributed by atoms with Gasteiger partial charge >= 0.3 is 5.97 Å². The molecule has 0 aliphatic carbocycles. The summed E-state index contributed by atoms with van der Waals surface area (Å²) >= 11 is 0. The molecule has 0 fully saturated rings. The van der Waals surface area contributed by atoms with Gasteiger partial charge < -0.3 is 9.30 Å². The van der Waals surface area contributed by atoms with E-state index in [1.165, 1.54) is 7.11 Å². The second-order valence-electron chi connectivity index (χ2n) is 3.28. The zero-order valence-corrected chi connectivity index (χ0v) is 8.71. The van der Waals surface area contributed by atoms with Crippen LogP contribution in [-0.4, -0.2) is 28.9 Å². The summed E-state index contributed by atoms with van der Waals surface area (Å²) in [5.74, 6) is -0.375. The molecule has 0 aliphatic heterocycles. The van der Waals surface area contributed by atoms with Crippen LogP contribution in [0.4, 0.5) is 0 Å². The van der Waals surface area contributed by atoms with Crippen LogP contribution in [0.2, 0.25) is 0 Å². The monoisotopic (exact) mass is 218 g/mol. The molecule has 5 nitrogen and oxygen atoms in total. The molecule has 0 N–H and O–H groups in total. The molecule has 2 aromatic heterocycles. The number of methoxy groups -OCH3 is 1. The number of nitrogens with zero attached hydrogens (tertiary/aromatic N) is 2. The zero-order chi connectivity index (χ0) is 11.5. The average Bonchev–Trinajstić information content (AvgIpc) is 2.68. The largest absolute Gasteiger partial charge is 0.468 e. The summed E-state index contributed by atoms with van der Waals surface area (Å²) in [6.45, 7) is 0.0534. The van der Waals surface area contributed by atoms with E-state index in [1.807, 2.05) is 0 Å². The Kier molecular flexibility index (Phi) is 2.68. The van der Waals surface area contributed by atoms with Crippen molar-refractivity contribution >= 4 is 23.3 Å². The molecule has 2 heterocycles. The summed E-state index contributed by atoms with van der Waals surface area (Å²) in [6.07, 6.45) is 3.96. The Bertz CT molecular complexity index is 545. The standard InChI is InChI=1S/C11H10N2O3/c1-16-10(15)6-13-5-8(7-14)9-3-2-4-12-11(9)13/h2-5,7H,6H2,1H3. The van der Waals surface area contributed by atoms with Gasteiger partial charge in [-0.2, -0.15) is 0 Å². The molecule has 82 valence electrons. The molecule has 0 bridgehead atoms. The molecule has 0 saturated heterocycles. The molecular formula is C11H10N2O3. The fourth-order valence-electron chi connectivity index (χ4n) is 1.57. The lowest BCUT2D eigenvalue weighted by Gasteiger charge is -2.01. The highest BCUT2D eigenvalue weighted by Gasteiger charge is 2.11. The van der Waals surface area contributed by atoms with Crippen molar-refractivity contribution in [3.8, 4) is 0 Å². The molecule has 0 amide bonds. The van der Waals surface area contributed by atoms with Crippen LogP contribution in [0.1, 0.15) is 10.4 Å². The van der Waals surface area contributed by atoms with E-state index < -0.39 is 0 Å². The highest BCUT2D eigenvalue weighted by Crippen LogP contribution is 2.17. The third-order valence-electron chi connectivity index (χ3n) is 2.32. The number of aromatic nitrogens is 2. The molecule has 0 unspecified atom stereocenters. The van der Waals surface area contributed by atoms with E-state index in [2.05, 4.69) is 9.72 Å². The highest BCUT2D eigenvalue weighted by molar-refractivity contribution is 5.96. The molecule has 2 aromatic rings. The number of hydrogen-bond acceptors (Lipinski definition) is 4. The minimum absolute atomic E-state index is 0.0534. The van der Waals surface area contributed by atoms with E-state index in [0.29, 0.717) is 11.2 Å². The molecule has 2 rings (SSSR count). The first-order valence-electron chi connectivity index (χ1n) is 4.72. The minimum Gasteiger partial charge on any atom is -0.468 e. The van der Waals surface area contributed by atoms with Gasteiger partial charge in [-0.3, -0.25) is 9.59 Å². The second-order valence-corrected chi connectivity index (χ2v) is 3.28. The number of carbonyl (C=O) groups excluding carboxylic acids is 2. The quantitative estimate of drug-likeness (QED) is 0.570. The summed E-state index contributed by atoms with van der Waals surface area (Å²) in [6, 6.07) is 3.54. The minimum atomic E-state index is -0.375. The predicted molar refractivity (Wildman–Crippen MR) is 57.1 cm³/mol. The van der Waals surface area contributed by atoms with Crippen LogP contribution in [0.3, 0.4) is 0 Å². The highest BCUT2D eigenvalue weighted by atomic mass is 16.5. The maximum atomic E-state index is 11.2. The van der Waals surface area contributed by atoms with Gasteiger partial charge in [0.25, 0.3) is 0 Å². The first-order chi connectivity index (χ1) is 7.76. The molecule has 5 heteroatoms. The van der Waals surface area contributed by atoms with Crippen molar-refractivity contribution in [2.75, 3.05) is 7.11 Å². The van der Waals surface area contributed by atoms with Crippen LogP contribution in [0, 0.1) is 0 Å². The third-order valence-corrected chi connectivity index (χ3v) is 2.32. The Morgan fingerprint density at radius 1 is 1.62 bits per heavy atom. The van der Waals surface area contributed by atoms with E-state index in [4.69, 9.17) is 0 Å². The van der Waals surface area contributed by atoms with Crippen molar-refractivity contribution in [1.82, 2.24) is 9.55 Å². The number of hydrogen-bond donors (Lipinski definition) is 0. The van der Waals surface area contributed by atoms with Crippen molar-refractivity contribution in [3.63, 3.8) is 0 Å². The lowest BCUT2D eigenvalue weighted by molar-refractivity contribution is -0.141. The summed E-state index contributed by atoms with van der Waals surface area (Å²) in [7, 11) is 1.32. The van der Waals surface area contributed by atoms with Gasteiger partial charge in [0.2, 0.25) is 0 Å². The van der Waals surface area contributed by atoms with Crippen LogP contribution in [0.15, 0.2) is 24.5 Å². The molecule has 0 aliphatic rings. The Labute approximate surface area is 91.6 Å². The molecule has 0 radical (unpaired) electrons. The van der Waals surface area contributed by atoms with E-state index in [9.17, 15) is 9.59 Å². The van der Waals surface area contributed by atoms with Crippen LogP contribution in [-0.2, 0) is 16.1 Å². The van der Waals surface area contributed by atoms with Gasteiger partial charge in [-0.15, -0.1) is 0 Å². The second kappa shape index (κ2) is 4.14. The van der Waals surface area contributed by atoms with E-state index in [0.717, 1.165) is 11.7 Å². The van der Waals surface area contributed by atoms with Crippen molar-refractivity contribution < 1.29 is 14.3 Å². The lowest BCUT2D eigenvalue weighted by atomic mass is 10.2. The smallest absolute Gasteiger partial charge is 0.325 e. The van der Waals surface area contributed by atoms with Gasteiger partial charge in [-0.1, -0.05) is 0 Å². The maximum Gasteiger partial charge on any atom is 0.325 e. The zero-order valence-electron chi connectivity index (χ0n) is 8.71. The first-order valence-corrected chi connectivity index (χ1v) is 4.72. The van der Waals surface area contributed by atoms with Gasteiger partial charge in [0.05, 0.1) is 7.11 Å². The Morgan fingerprint density at radius 3 is 3.12 bits per heavy atom. The number of pyridine rings is 1. The molecule has 0 aromatic carbocycles. The normalized spacial score (nSPS) is 10.3. The van der Waals surface area contributed by atoms with E-state index in [-0.39, 0.29) is 12.5 Å². The van der Waals surface area contributed by atoms with E-state index in [1.54, 1.807) is 29.1 Å². The van der Waals surface area contributed by atoms with Crippen molar-refractivity contribution in [1.29, 1.82) is 0 Å². The topological polar surface area (TPSA) is 61.2 Å². The number of ether oxygens (including phenoxy) is 1. The average molecular weight is 218 g/mol. The lowest BCUT2D eigenvalue weighted by Crippen LogP contribution is -2.10. The summed E-state index contributed by atoms with van der Waals surface area (Å²) in [5, 5.41) is 0.737. The number of carbonyl (C=O) groups is 2. The SMILES string of the molecule is COC(=O)Cn1cc(C=O)c2cccnc21. The number of fused-ring (bicyclic) bond motifs is 1. The Balaban J connectivity index is 2.53. The van der Waals surface area contributed by atoms with Gasteiger partial charge in [0.1, 0.15) is 12.2 Å². The summed E-state index contributed by atoms with van der Waals surface area (Å²) < 4.78 is 6.17. The van der Waals surface area contributed by atoms with Gasteiger partial charge in [-0.25, -0.2) is 4.98 Å². The Morgan fingerprint density at radius 2 is 2.44 bits per heavy atom. The predicted octanol–water partition coefficient (Wildman–Crippen LogP) is 1.02. The molecular weight excluding hydrogens is 208 g/mol. The molecule has 0 saturated carbocycles. The van der Waals surface area contributed by atoms with Crippen LogP contribution < -0.4 is 0 Å².